The second-order valence-electron chi connectivity index (χ2n) is 3.22. The molecule has 1 aliphatic heterocycles. The van der Waals surface area contributed by atoms with Crippen LogP contribution in [0.4, 0.5) is 4.79 Å². The highest BCUT2D eigenvalue weighted by molar-refractivity contribution is 7.99. The van der Waals surface area contributed by atoms with Crippen LogP contribution in [0.3, 0.4) is 0 Å². The summed E-state index contributed by atoms with van der Waals surface area (Å²) in [6.07, 6.45) is 0. The summed E-state index contributed by atoms with van der Waals surface area (Å²) < 4.78 is 0. The van der Waals surface area contributed by atoms with Crippen molar-refractivity contribution in [3.05, 3.63) is 0 Å². The van der Waals surface area contributed by atoms with E-state index in [0.717, 1.165) is 4.90 Å². The third kappa shape index (κ3) is 3.38. The molecule has 1 atom stereocenters. The molecule has 0 radical (unpaired) electrons. The molecule has 1 saturated heterocycles. The number of nitrogens with two attached hydrogens (primary N) is 1. The zero-order chi connectivity index (χ0) is 12.1. The van der Waals surface area contributed by atoms with Crippen LogP contribution in [0.25, 0.3) is 0 Å². The summed E-state index contributed by atoms with van der Waals surface area (Å²) in [5.74, 6) is -0.560. The van der Waals surface area contributed by atoms with Crippen molar-refractivity contribution in [3.8, 4) is 0 Å². The summed E-state index contributed by atoms with van der Waals surface area (Å²) >= 11 is 1.30. The van der Waals surface area contributed by atoms with Gasteiger partial charge in [0.1, 0.15) is 6.04 Å². The lowest BCUT2D eigenvalue weighted by atomic mass is 10.4. The van der Waals surface area contributed by atoms with Crippen molar-refractivity contribution in [2.45, 2.75) is 6.04 Å². The van der Waals surface area contributed by atoms with E-state index in [1.54, 1.807) is 0 Å². The summed E-state index contributed by atoms with van der Waals surface area (Å²) in [5.41, 5.74) is 5.29. The number of imide groups is 1. The molecule has 0 bridgehead atoms. The number of carbonyl (C=O) groups is 3. The third-order valence-electron chi connectivity index (χ3n) is 2.01. The maximum absolute atomic E-state index is 11.1. The normalized spacial score (nSPS) is 17.4. The smallest absolute Gasteiger partial charge is 0.324 e. The van der Waals surface area contributed by atoms with E-state index in [0.29, 0.717) is 5.75 Å². The Morgan fingerprint density at radius 3 is 2.81 bits per heavy atom. The quantitative estimate of drug-likeness (QED) is 0.396. The number of urea groups is 1. The second kappa shape index (κ2) is 5.71. The van der Waals surface area contributed by atoms with Crippen molar-refractivity contribution in [1.82, 2.24) is 10.2 Å². The molecule has 4 N–H and O–H groups in total. The highest BCUT2D eigenvalue weighted by Crippen LogP contribution is 2.05. The summed E-state index contributed by atoms with van der Waals surface area (Å²) in [6.45, 7) is 0.319. The van der Waals surface area contributed by atoms with Gasteiger partial charge in [-0.2, -0.15) is 11.8 Å². The van der Waals surface area contributed by atoms with Crippen molar-refractivity contribution >= 4 is 29.7 Å². The highest BCUT2D eigenvalue weighted by atomic mass is 32.2. The topological polar surface area (TPSA) is 113 Å². The second-order valence-corrected chi connectivity index (χ2v) is 4.37. The molecule has 7 nitrogen and oxygen atoms in total. The zero-order valence-electron chi connectivity index (χ0n) is 8.51. The van der Waals surface area contributed by atoms with Crippen LogP contribution in [0.1, 0.15) is 0 Å². The maximum Gasteiger partial charge on any atom is 0.324 e. The molecule has 0 spiro atoms. The predicted octanol–water partition coefficient (Wildman–Crippen LogP) is -1.32. The SMILES string of the molecule is N[C@H](CSCCN1C(=O)CNC1=O)C(=O)O. The number of carboxylic acids is 1. The van der Waals surface area contributed by atoms with Gasteiger partial charge in [-0.25, -0.2) is 4.79 Å². The molecule has 3 amide bonds. The van der Waals surface area contributed by atoms with Gasteiger partial charge in [-0.15, -0.1) is 0 Å². The predicted molar refractivity (Wildman–Crippen MR) is 58.0 cm³/mol. The van der Waals surface area contributed by atoms with Crippen LogP contribution >= 0.6 is 11.8 Å². The minimum atomic E-state index is -1.05. The summed E-state index contributed by atoms with van der Waals surface area (Å²) in [4.78, 5) is 33.7. The van der Waals surface area contributed by atoms with Crippen molar-refractivity contribution in [2.24, 2.45) is 5.73 Å². The molecule has 1 fully saturated rings. The Bertz CT molecular complexity index is 294. The van der Waals surface area contributed by atoms with Gasteiger partial charge < -0.3 is 16.2 Å². The molecule has 16 heavy (non-hydrogen) atoms. The first-order valence-corrected chi connectivity index (χ1v) is 5.82. The van der Waals surface area contributed by atoms with E-state index in [4.69, 9.17) is 10.8 Å². The monoisotopic (exact) mass is 247 g/mol. The number of aliphatic carboxylic acids is 1. The maximum atomic E-state index is 11.1. The van der Waals surface area contributed by atoms with Gasteiger partial charge in [0.15, 0.2) is 0 Å². The van der Waals surface area contributed by atoms with E-state index in [1.165, 1.54) is 11.8 Å². The Morgan fingerprint density at radius 2 is 2.31 bits per heavy atom. The van der Waals surface area contributed by atoms with Crippen LogP contribution in [0, 0.1) is 0 Å². The average molecular weight is 247 g/mol. The fourth-order valence-electron chi connectivity index (χ4n) is 1.12. The van der Waals surface area contributed by atoms with Crippen molar-refractivity contribution < 1.29 is 19.5 Å². The molecule has 0 aliphatic carbocycles. The van der Waals surface area contributed by atoms with Gasteiger partial charge in [0.05, 0.1) is 6.54 Å². The largest absolute Gasteiger partial charge is 0.480 e. The summed E-state index contributed by atoms with van der Waals surface area (Å²) in [7, 11) is 0. The van der Waals surface area contributed by atoms with Crippen molar-refractivity contribution in [1.29, 1.82) is 0 Å². The Kier molecular flexibility index (Phi) is 4.56. The molecule has 0 aromatic rings. The first kappa shape index (κ1) is 12.8. The molecule has 0 unspecified atom stereocenters. The van der Waals surface area contributed by atoms with Gasteiger partial charge in [0.2, 0.25) is 5.91 Å². The average Bonchev–Trinajstić information content (AvgIpc) is 2.54. The van der Waals surface area contributed by atoms with E-state index in [1.807, 2.05) is 0 Å². The number of amides is 3. The van der Waals surface area contributed by atoms with E-state index < -0.39 is 18.0 Å². The molecular weight excluding hydrogens is 234 g/mol. The van der Waals surface area contributed by atoms with E-state index in [-0.39, 0.29) is 24.7 Å². The Hall–Kier alpha value is -1.28. The third-order valence-corrected chi connectivity index (χ3v) is 3.08. The van der Waals surface area contributed by atoms with Gasteiger partial charge >= 0.3 is 12.0 Å². The first-order chi connectivity index (χ1) is 7.52. The molecule has 0 saturated carbocycles. The Morgan fingerprint density at radius 1 is 1.62 bits per heavy atom. The van der Waals surface area contributed by atoms with Crippen LogP contribution in [0.15, 0.2) is 0 Å². The fraction of sp³-hybridized carbons (Fsp3) is 0.625. The molecule has 1 heterocycles. The molecule has 90 valence electrons. The highest BCUT2D eigenvalue weighted by Gasteiger charge is 2.27. The number of hydrogen-bond donors (Lipinski definition) is 3. The fourth-order valence-corrected chi connectivity index (χ4v) is 1.99. The molecule has 8 heteroatoms. The summed E-state index contributed by atoms with van der Waals surface area (Å²) in [5, 5.41) is 10.9. The van der Waals surface area contributed by atoms with Crippen molar-refractivity contribution in [3.63, 3.8) is 0 Å². The first-order valence-electron chi connectivity index (χ1n) is 4.66. The Labute approximate surface area is 96.3 Å². The number of hydrogen-bond acceptors (Lipinski definition) is 5. The summed E-state index contributed by atoms with van der Waals surface area (Å²) in [6, 6.07) is -1.30. The lowest BCUT2D eigenvalue weighted by molar-refractivity contribution is -0.138. The molecular formula is C8H13N3O4S. The molecule has 1 rings (SSSR count). The number of carboxylic acid groups (broad SMARTS) is 1. The minimum Gasteiger partial charge on any atom is -0.480 e. The van der Waals surface area contributed by atoms with Gasteiger partial charge in [0, 0.05) is 18.1 Å². The van der Waals surface area contributed by atoms with Crippen LogP contribution in [0.2, 0.25) is 0 Å². The van der Waals surface area contributed by atoms with E-state index >= 15 is 0 Å². The number of rotatable bonds is 6. The van der Waals surface area contributed by atoms with Crippen LogP contribution in [0.5, 0.6) is 0 Å². The van der Waals surface area contributed by atoms with Crippen LogP contribution < -0.4 is 11.1 Å². The Balaban J connectivity index is 2.18. The van der Waals surface area contributed by atoms with Gasteiger partial charge in [0.25, 0.3) is 0 Å². The number of nitrogens with zero attached hydrogens (tertiary/aromatic N) is 1. The molecule has 0 aromatic carbocycles. The minimum absolute atomic E-state index is 0.0398. The number of thioether (sulfide) groups is 1. The van der Waals surface area contributed by atoms with E-state index in [9.17, 15) is 14.4 Å². The number of nitrogens with one attached hydrogen (secondary N) is 1. The lowest BCUT2D eigenvalue weighted by Gasteiger charge is -2.12. The molecule has 0 aromatic heterocycles. The van der Waals surface area contributed by atoms with Crippen LogP contribution in [-0.4, -0.2) is 58.6 Å². The van der Waals surface area contributed by atoms with Crippen LogP contribution in [-0.2, 0) is 9.59 Å². The van der Waals surface area contributed by atoms with Gasteiger partial charge in [-0.05, 0) is 0 Å². The van der Waals surface area contributed by atoms with E-state index in [2.05, 4.69) is 5.32 Å². The molecule has 1 aliphatic rings. The van der Waals surface area contributed by atoms with Crippen molar-refractivity contribution in [2.75, 3.05) is 24.6 Å². The lowest BCUT2D eigenvalue weighted by Crippen LogP contribution is -2.35. The van der Waals surface area contributed by atoms with Gasteiger partial charge in [-0.3, -0.25) is 14.5 Å². The van der Waals surface area contributed by atoms with Gasteiger partial charge in [-0.1, -0.05) is 0 Å². The number of carbonyl (C=O) groups excluding carboxylic acids is 2. The standard InChI is InChI=1S/C8H13N3O4S/c9-5(7(13)14)4-16-2-1-11-6(12)3-10-8(11)15/h5H,1-4,9H2,(H,10,15)(H,13,14)/t5-/m1/s1. The zero-order valence-corrected chi connectivity index (χ0v) is 9.33.